The smallest absolute Gasteiger partial charge is 0.335 e. The average molecular weight is 395 g/mol. The minimum atomic E-state index is -3.95. The van der Waals surface area contributed by atoms with Crippen molar-refractivity contribution in [3.05, 3.63) is 28.8 Å². The molecule has 1 aromatic rings. The summed E-state index contributed by atoms with van der Waals surface area (Å²) >= 11 is 5.92. The normalized spacial score (nSPS) is 20.6. The van der Waals surface area contributed by atoms with Crippen molar-refractivity contribution in [3.8, 4) is 0 Å². The number of sulfonamides is 1. The van der Waals surface area contributed by atoms with Crippen molar-refractivity contribution >= 4 is 34.1 Å². The summed E-state index contributed by atoms with van der Waals surface area (Å²) < 4.78 is 32.8. The van der Waals surface area contributed by atoms with Crippen LogP contribution in [0.3, 0.4) is 0 Å². The van der Waals surface area contributed by atoms with Crippen LogP contribution in [-0.4, -0.2) is 75.4 Å². The van der Waals surface area contributed by atoms with E-state index in [1.54, 1.807) is 0 Å². The van der Waals surface area contributed by atoms with Crippen LogP contribution >= 0.6 is 11.6 Å². The lowest BCUT2D eigenvalue weighted by Crippen LogP contribution is -2.43. The molecule has 0 amide bonds. The number of rotatable bonds is 5. The van der Waals surface area contributed by atoms with Crippen LogP contribution in [-0.2, 0) is 19.6 Å². The van der Waals surface area contributed by atoms with E-state index in [0.29, 0.717) is 13.1 Å². The van der Waals surface area contributed by atoms with E-state index in [-0.39, 0.29) is 28.1 Å². The number of hydrogen-bond acceptors (Lipinski definition) is 6. The molecule has 0 unspecified atom stereocenters. The van der Waals surface area contributed by atoms with Gasteiger partial charge in [-0.25, -0.2) is 17.9 Å². The van der Waals surface area contributed by atoms with Crippen LogP contribution in [0.1, 0.15) is 10.4 Å². The summed E-state index contributed by atoms with van der Waals surface area (Å²) in [5.74, 6) is -1.22. The topological polar surface area (TPSA) is 133 Å². The van der Waals surface area contributed by atoms with Gasteiger partial charge >= 0.3 is 5.97 Å². The second-order valence-electron chi connectivity index (χ2n) is 5.28. The number of benzene rings is 1. The first-order chi connectivity index (χ1) is 11.7. The van der Waals surface area contributed by atoms with Gasteiger partial charge in [-0.1, -0.05) is 11.6 Å². The van der Waals surface area contributed by atoms with Gasteiger partial charge in [-0.3, -0.25) is 4.79 Å². The Labute approximate surface area is 150 Å². The molecule has 0 radical (unpaired) electrons. The van der Waals surface area contributed by atoms with E-state index < -0.39 is 22.0 Å². The van der Waals surface area contributed by atoms with Crippen LogP contribution in [0.15, 0.2) is 23.1 Å². The third-order valence-electron chi connectivity index (χ3n) is 3.53. The highest BCUT2D eigenvalue weighted by molar-refractivity contribution is 7.89. The summed E-state index contributed by atoms with van der Waals surface area (Å²) in [7, 11) is -0.572. The van der Waals surface area contributed by atoms with Gasteiger partial charge in [-0.2, -0.15) is 0 Å². The minimum Gasteiger partial charge on any atom is -0.483 e. The van der Waals surface area contributed by atoms with Crippen molar-refractivity contribution in [1.82, 2.24) is 9.62 Å². The van der Waals surface area contributed by atoms with E-state index >= 15 is 0 Å². The van der Waals surface area contributed by atoms with E-state index in [1.165, 1.54) is 19.2 Å². The van der Waals surface area contributed by atoms with Crippen molar-refractivity contribution in [2.75, 3.05) is 27.2 Å². The molecule has 1 fully saturated rings. The Morgan fingerprint density at radius 3 is 2.56 bits per heavy atom. The van der Waals surface area contributed by atoms with Crippen LogP contribution < -0.4 is 4.72 Å². The highest BCUT2D eigenvalue weighted by atomic mass is 35.5. The first-order valence-electron chi connectivity index (χ1n) is 7.00. The molecule has 0 saturated carbocycles. The third kappa shape index (κ3) is 5.65. The molecular weight excluding hydrogens is 376 g/mol. The van der Waals surface area contributed by atoms with Crippen LogP contribution in [0, 0.1) is 0 Å². The predicted molar refractivity (Wildman–Crippen MR) is 89.5 cm³/mol. The summed E-state index contributed by atoms with van der Waals surface area (Å²) in [5.41, 5.74) is -0.142. The molecule has 0 aliphatic carbocycles. The molecule has 1 saturated heterocycles. The van der Waals surface area contributed by atoms with Crippen molar-refractivity contribution < 1.29 is 33.0 Å². The predicted octanol–water partition coefficient (Wildman–Crippen LogP) is 0.346. The number of carbonyl (C=O) groups is 2. The van der Waals surface area contributed by atoms with Gasteiger partial charge < -0.3 is 19.8 Å². The molecule has 1 aromatic carbocycles. The Hall–Kier alpha value is -1.72. The number of likely N-dealkylation sites (tertiary alicyclic amines) is 1. The van der Waals surface area contributed by atoms with Gasteiger partial charge in [0.1, 0.15) is 4.90 Å². The minimum absolute atomic E-state index is 0.0298. The first kappa shape index (κ1) is 21.3. The summed E-state index contributed by atoms with van der Waals surface area (Å²) in [5, 5.41) is 15.8. The summed E-state index contributed by atoms with van der Waals surface area (Å²) in [6.45, 7) is 0.848. The molecule has 0 aromatic heterocycles. The molecule has 9 nitrogen and oxygen atoms in total. The lowest BCUT2D eigenvalue weighted by molar-refractivity contribution is -0.122. The van der Waals surface area contributed by atoms with Crippen LogP contribution in [0.2, 0.25) is 5.02 Å². The lowest BCUT2D eigenvalue weighted by Gasteiger charge is -2.19. The summed E-state index contributed by atoms with van der Waals surface area (Å²) in [6.07, 6.45) is -0.277. The first-order valence-corrected chi connectivity index (χ1v) is 8.86. The van der Waals surface area contributed by atoms with Gasteiger partial charge in [-0.05, 0) is 25.2 Å². The second kappa shape index (κ2) is 9.11. The molecule has 1 aliphatic heterocycles. The van der Waals surface area contributed by atoms with Crippen molar-refractivity contribution in [1.29, 1.82) is 0 Å². The molecular formula is C14H19ClN2O7S. The van der Waals surface area contributed by atoms with E-state index in [1.807, 2.05) is 11.9 Å². The summed E-state index contributed by atoms with van der Waals surface area (Å²) in [4.78, 5) is 21.0. The Morgan fingerprint density at radius 1 is 1.44 bits per heavy atom. The highest BCUT2D eigenvalue weighted by Gasteiger charge is 2.35. The fourth-order valence-electron chi connectivity index (χ4n) is 2.42. The number of hydrogen-bond donors (Lipinski definition) is 3. The Balaban J connectivity index is 0.000000970. The molecule has 25 heavy (non-hydrogen) atoms. The maximum Gasteiger partial charge on any atom is 0.335 e. The van der Waals surface area contributed by atoms with Gasteiger partial charge in [0.2, 0.25) is 10.0 Å². The quantitative estimate of drug-likeness (QED) is 0.609. The molecule has 0 spiro atoms. The van der Waals surface area contributed by atoms with Gasteiger partial charge in [0, 0.05) is 20.2 Å². The molecule has 1 heterocycles. The third-order valence-corrected chi connectivity index (χ3v) is 5.50. The van der Waals surface area contributed by atoms with Crippen molar-refractivity contribution in [3.63, 3.8) is 0 Å². The number of carboxylic acid groups (broad SMARTS) is 2. The van der Waals surface area contributed by atoms with E-state index in [0.717, 1.165) is 6.07 Å². The zero-order valence-corrected chi connectivity index (χ0v) is 15.1. The van der Waals surface area contributed by atoms with Gasteiger partial charge in [0.05, 0.1) is 22.7 Å². The Bertz CT molecular complexity index is 726. The molecule has 1 aliphatic rings. The number of likely N-dealkylation sites (N-methyl/N-ethyl adjacent to an activating group) is 1. The van der Waals surface area contributed by atoms with E-state index in [4.69, 9.17) is 31.3 Å². The maximum atomic E-state index is 12.5. The number of methoxy groups -OCH3 is 1. The monoisotopic (exact) mass is 394 g/mol. The van der Waals surface area contributed by atoms with Crippen LogP contribution in [0.25, 0.3) is 0 Å². The van der Waals surface area contributed by atoms with Gasteiger partial charge in [-0.15, -0.1) is 0 Å². The molecule has 3 N–H and O–H groups in total. The molecule has 2 atom stereocenters. The fraction of sp³-hybridized carbons (Fsp3) is 0.429. The number of carboxylic acids is 1. The second-order valence-corrected chi connectivity index (χ2v) is 7.37. The largest absolute Gasteiger partial charge is 0.483 e. The average Bonchev–Trinajstić information content (AvgIpc) is 2.87. The van der Waals surface area contributed by atoms with Crippen molar-refractivity contribution in [2.24, 2.45) is 0 Å². The van der Waals surface area contributed by atoms with Gasteiger partial charge in [0.25, 0.3) is 6.47 Å². The fourth-order valence-corrected chi connectivity index (χ4v) is 4.20. The van der Waals surface area contributed by atoms with Crippen LogP contribution in [0.5, 0.6) is 0 Å². The zero-order chi connectivity index (χ0) is 19.2. The Morgan fingerprint density at radius 2 is 2.04 bits per heavy atom. The maximum absolute atomic E-state index is 12.5. The number of halogens is 1. The SMILES string of the molecule is CO[C@H]1CN(C)C[C@@H]1NS(=O)(=O)c1cc(C(=O)O)ccc1Cl.O=CO. The molecule has 140 valence electrons. The Kier molecular flexibility index (Phi) is 7.77. The van der Waals surface area contributed by atoms with Crippen molar-refractivity contribution in [2.45, 2.75) is 17.0 Å². The number of aromatic carboxylic acids is 1. The summed E-state index contributed by atoms with van der Waals surface area (Å²) in [6, 6.07) is 3.14. The molecule has 11 heteroatoms. The van der Waals surface area contributed by atoms with Gasteiger partial charge in [0.15, 0.2) is 0 Å². The van der Waals surface area contributed by atoms with E-state index in [2.05, 4.69) is 4.72 Å². The standard InChI is InChI=1S/C13H17ClN2O5S.CH2O2/c1-16-6-10(11(7-16)21-2)15-22(19,20)12-5-8(13(17)18)3-4-9(12)14;2-1-3/h3-5,10-11,15H,6-7H2,1-2H3,(H,17,18);1H,(H,2,3)/t10-,11-;/m0./s1. The van der Waals surface area contributed by atoms with Crippen LogP contribution in [0.4, 0.5) is 0 Å². The molecule has 0 bridgehead atoms. The number of ether oxygens (including phenoxy) is 1. The molecule has 2 rings (SSSR count). The van der Waals surface area contributed by atoms with E-state index in [9.17, 15) is 13.2 Å². The number of nitrogens with zero attached hydrogens (tertiary/aromatic N) is 1. The highest BCUT2D eigenvalue weighted by Crippen LogP contribution is 2.24. The zero-order valence-electron chi connectivity index (χ0n) is 13.5. The lowest BCUT2D eigenvalue weighted by atomic mass is 10.2. The number of nitrogens with one attached hydrogen (secondary N) is 1.